The molecule has 3 saturated heterocycles. The van der Waals surface area contributed by atoms with Crippen LogP contribution >= 0.6 is 0 Å². The molecule has 0 amide bonds. The van der Waals surface area contributed by atoms with Gasteiger partial charge in [-0.2, -0.15) is 0 Å². The average Bonchev–Trinajstić information content (AvgIpc) is 3.43. The average molecular weight is 692 g/mol. The molecule has 2 N–H and O–H groups in total. The highest BCUT2D eigenvalue weighted by atomic mass is 16.5. The molecular formula is C39H49N9O3. The summed E-state index contributed by atoms with van der Waals surface area (Å²) in [6.45, 7) is 10.1. The zero-order valence-electron chi connectivity index (χ0n) is 29.8. The lowest BCUT2D eigenvalue weighted by Crippen LogP contribution is -2.54. The minimum Gasteiger partial charge on any atom is -0.469 e. The zero-order valence-corrected chi connectivity index (χ0v) is 29.8. The van der Waals surface area contributed by atoms with Gasteiger partial charge in [-0.15, -0.1) is 10.2 Å². The van der Waals surface area contributed by atoms with Crippen molar-refractivity contribution >= 4 is 29.0 Å². The van der Waals surface area contributed by atoms with E-state index in [2.05, 4.69) is 72.0 Å². The standard InChI is InChI=1S/C39H49N9O3/c1-28-6-3-4-8-34(28)35-24-36(39(40)44-43-35)47-26-32-10-11-33(27-47)48(32)31-13-14-41-30(23-31)7-5-20-51-21-19-45-15-17-46(18-16-45)37-12-9-29(25-42-37)22-38(49)50-2/h3-4,6,8-9,12-14,23-25,32-33H,5,7,10-11,15-22,26-27H2,1-2H3,(H2,40,44). The molecule has 268 valence electrons. The van der Waals surface area contributed by atoms with Gasteiger partial charge < -0.3 is 29.9 Å². The maximum Gasteiger partial charge on any atom is 0.310 e. The molecule has 1 aromatic carbocycles. The highest BCUT2D eigenvalue weighted by Gasteiger charge is 2.40. The predicted octanol–water partition coefficient (Wildman–Crippen LogP) is 4.17. The number of ether oxygens (including phenoxy) is 2. The van der Waals surface area contributed by atoms with Gasteiger partial charge in [-0.3, -0.25) is 14.7 Å². The smallest absolute Gasteiger partial charge is 0.310 e. The van der Waals surface area contributed by atoms with E-state index in [9.17, 15) is 4.79 Å². The van der Waals surface area contributed by atoms with E-state index >= 15 is 0 Å². The Morgan fingerprint density at radius 1 is 0.922 bits per heavy atom. The molecule has 12 heteroatoms. The quantitative estimate of drug-likeness (QED) is 0.160. The van der Waals surface area contributed by atoms with Crippen molar-refractivity contribution in [2.75, 3.05) is 86.6 Å². The van der Waals surface area contributed by atoms with Crippen LogP contribution in [-0.2, 0) is 27.1 Å². The van der Waals surface area contributed by atoms with Crippen LogP contribution in [0.5, 0.6) is 0 Å². The van der Waals surface area contributed by atoms with E-state index in [0.29, 0.717) is 17.9 Å². The number of nitrogen functional groups attached to an aromatic ring is 1. The molecular weight excluding hydrogens is 642 g/mol. The molecule has 3 aliphatic heterocycles. The molecule has 0 aliphatic carbocycles. The number of benzene rings is 1. The molecule has 12 nitrogen and oxygen atoms in total. The molecule has 51 heavy (non-hydrogen) atoms. The summed E-state index contributed by atoms with van der Waals surface area (Å²) in [5.41, 5.74) is 13.8. The molecule has 3 aliphatic rings. The van der Waals surface area contributed by atoms with Crippen LogP contribution in [-0.4, -0.2) is 109 Å². The van der Waals surface area contributed by atoms with Gasteiger partial charge in [-0.1, -0.05) is 30.3 Å². The van der Waals surface area contributed by atoms with E-state index in [-0.39, 0.29) is 12.4 Å². The molecule has 4 aromatic rings. The molecule has 2 bridgehead atoms. The van der Waals surface area contributed by atoms with Gasteiger partial charge in [-0.25, -0.2) is 4.98 Å². The Kier molecular flexibility index (Phi) is 10.9. The molecule has 2 atom stereocenters. The number of anilines is 4. The number of carbonyl (C=O) groups excluding carboxylic acids is 1. The number of methoxy groups -OCH3 is 1. The second kappa shape index (κ2) is 16.0. The van der Waals surface area contributed by atoms with Crippen LogP contribution in [0.25, 0.3) is 11.3 Å². The Morgan fingerprint density at radius 2 is 1.73 bits per heavy atom. The summed E-state index contributed by atoms with van der Waals surface area (Å²) in [4.78, 5) is 30.5. The summed E-state index contributed by atoms with van der Waals surface area (Å²) in [5.74, 6) is 1.19. The van der Waals surface area contributed by atoms with Crippen molar-refractivity contribution in [1.82, 2.24) is 25.1 Å². The number of nitrogens with zero attached hydrogens (tertiary/aromatic N) is 8. The minimum absolute atomic E-state index is 0.249. The number of hydrogen-bond acceptors (Lipinski definition) is 12. The monoisotopic (exact) mass is 691 g/mol. The topological polar surface area (TPSA) is 126 Å². The number of hydrogen-bond donors (Lipinski definition) is 1. The van der Waals surface area contributed by atoms with Crippen molar-refractivity contribution in [3.63, 3.8) is 0 Å². The van der Waals surface area contributed by atoms with E-state index in [4.69, 9.17) is 20.2 Å². The largest absolute Gasteiger partial charge is 0.469 e. The lowest BCUT2D eigenvalue weighted by atomic mass is 10.0. The number of rotatable bonds is 13. The Balaban J connectivity index is 0.842. The van der Waals surface area contributed by atoms with Crippen LogP contribution in [0.1, 0.15) is 36.1 Å². The number of aryl methyl sites for hydroxylation is 2. The number of pyridine rings is 2. The van der Waals surface area contributed by atoms with Crippen molar-refractivity contribution in [3.05, 3.63) is 83.8 Å². The minimum atomic E-state index is -0.251. The molecule has 0 saturated carbocycles. The molecule has 6 heterocycles. The highest BCUT2D eigenvalue weighted by Crippen LogP contribution is 2.38. The summed E-state index contributed by atoms with van der Waals surface area (Å²) in [6, 6.07) is 19.6. The second-order valence-corrected chi connectivity index (χ2v) is 13.8. The fourth-order valence-electron chi connectivity index (χ4n) is 7.72. The number of nitrogens with two attached hydrogens (primary N) is 1. The normalized spacial score (nSPS) is 19.1. The number of esters is 1. The van der Waals surface area contributed by atoms with E-state index in [1.54, 1.807) is 6.20 Å². The third-order valence-electron chi connectivity index (χ3n) is 10.5. The van der Waals surface area contributed by atoms with Gasteiger partial charge >= 0.3 is 5.97 Å². The third-order valence-corrected chi connectivity index (χ3v) is 10.5. The fourth-order valence-corrected chi connectivity index (χ4v) is 7.72. The summed E-state index contributed by atoms with van der Waals surface area (Å²) < 4.78 is 10.8. The zero-order chi connectivity index (χ0) is 35.2. The van der Waals surface area contributed by atoms with E-state index < -0.39 is 0 Å². The number of aromatic nitrogens is 4. The van der Waals surface area contributed by atoms with Gasteiger partial charge in [-0.05, 0) is 68.0 Å². The summed E-state index contributed by atoms with van der Waals surface area (Å²) in [5, 5.41) is 8.79. The fraction of sp³-hybridized carbons (Fsp3) is 0.462. The summed E-state index contributed by atoms with van der Waals surface area (Å²) in [6.07, 6.45) is 8.14. The first kappa shape index (κ1) is 34.6. The Morgan fingerprint density at radius 3 is 2.47 bits per heavy atom. The second-order valence-electron chi connectivity index (χ2n) is 13.8. The summed E-state index contributed by atoms with van der Waals surface area (Å²) in [7, 11) is 1.40. The molecule has 3 fully saturated rings. The Labute approximate surface area is 300 Å². The molecule has 0 spiro atoms. The van der Waals surface area contributed by atoms with Crippen LogP contribution in [0.4, 0.5) is 23.0 Å². The lowest BCUT2D eigenvalue weighted by Gasteiger charge is -2.43. The Bertz CT molecular complexity index is 1770. The number of fused-ring (bicyclic) bond motifs is 2. The van der Waals surface area contributed by atoms with Gasteiger partial charge in [0.1, 0.15) is 5.82 Å². The first-order valence-corrected chi connectivity index (χ1v) is 18.2. The lowest BCUT2D eigenvalue weighted by molar-refractivity contribution is -0.139. The predicted molar refractivity (Wildman–Crippen MR) is 200 cm³/mol. The van der Waals surface area contributed by atoms with Crippen molar-refractivity contribution < 1.29 is 14.3 Å². The highest BCUT2D eigenvalue weighted by molar-refractivity contribution is 5.73. The van der Waals surface area contributed by atoms with Crippen LogP contribution in [0.15, 0.2) is 67.0 Å². The molecule has 0 radical (unpaired) electrons. The van der Waals surface area contributed by atoms with Gasteiger partial charge in [0, 0.05) is 93.8 Å². The first-order valence-electron chi connectivity index (χ1n) is 18.2. The first-order chi connectivity index (χ1) is 24.9. The van der Waals surface area contributed by atoms with Gasteiger partial charge in [0.25, 0.3) is 0 Å². The van der Waals surface area contributed by atoms with Gasteiger partial charge in [0.15, 0.2) is 5.82 Å². The van der Waals surface area contributed by atoms with Crippen LogP contribution in [0.3, 0.4) is 0 Å². The van der Waals surface area contributed by atoms with Gasteiger partial charge in [0.05, 0.1) is 31.5 Å². The van der Waals surface area contributed by atoms with E-state index in [1.807, 2.05) is 30.5 Å². The van der Waals surface area contributed by atoms with E-state index in [0.717, 1.165) is 119 Å². The van der Waals surface area contributed by atoms with Crippen molar-refractivity contribution in [2.24, 2.45) is 0 Å². The van der Waals surface area contributed by atoms with Crippen molar-refractivity contribution in [3.8, 4) is 11.3 Å². The third kappa shape index (κ3) is 8.23. The van der Waals surface area contributed by atoms with Crippen molar-refractivity contribution in [2.45, 2.75) is 51.1 Å². The van der Waals surface area contributed by atoms with Crippen LogP contribution in [0, 0.1) is 6.92 Å². The summed E-state index contributed by atoms with van der Waals surface area (Å²) >= 11 is 0. The Hall–Kier alpha value is -4.81. The number of piperazine rings is 2. The van der Waals surface area contributed by atoms with Gasteiger partial charge in [0.2, 0.25) is 0 Å². The maximum atomic E-state index is 11.5. The van der Waals surface area contributed by atoms with Crippen molar-refractivity contribution in [1.29, 1.82) is 0 Å². The molecule has 3 aromatic heterocycles. The van der Waals surface area contributed by atoms with Crippen LogP contribution < -0.4 is 20.4 Å². The maximum absolute atomic E-state index is 11.5. The SMILES string of the molecule is COC(=O)Cc1ccc(N2CCN(CCOCCCc3cc(N4C5CCC4CN(c4cc(-c6ccccc6C)nnc4N)C5)ccn3)CC2)nc1. The van der Waals surface area contributed by atoms with E-state index in [1.165, 1.54) is 18.4 Å². The molecule has 7 rings (SSSR count). The molecule has 2 unspecified atom stereocenters. The van der Waals surface area contributed by atoms with Crippen LogP contribution in [0.2, 0.25) is 0 Å². The number of carbonyl (C=O) groups is 1.